The Balaban J connectivity index is 2.43. The van der Waals surface area contributed by atoms with E-state index in [4.69, 9.17) is 0 Å². The summed E-state index contributed by atoms with van der Waals surface area (Å²) in [5.41, 5.74) is 0.933. The summed E-state index contributed by atoms with van der Waals surface area (Å²) in [5, 5.41) is -0.514. The minimum atomic E-state index is -3.34. The van der Waals surface area contributed by atoms with Crippen LogP contribution in [0.1, 0.15) is 13.8 Å². The number of rotatable bonds is 3. The van der Waals surface area contributed by atoms with E-state index in [1.807, 2.05) is 0 Å². The van der Waals surface area contributed by atoms with Crippen molar-refractivity contribution >= 4 is 9.84 Å². The summed E-state index contributed by atoms with van der Waals surface area (Å²) in [4.78, 5) is 0.202. The summed E-state index contributed by atoms with van der Waals surface area (Å²) in [6.07, 6.45) is 0. The van der Waals surface area contributed by atoms with Gasteiger partial charge in [-0.05, 0) is 49.2 Å². The second kappa shape index (κ2) is 5.32. The van der Waals surface area contributed by atoms with E-state index in [0.29, 0.717) is 11.1 Å². The van der Waals surface area contributed by atoms with Gasteiger partial charge >= 0.3 is 0 Å². The predicted molar refractivity (Wildman–Crippen MR) is 74.1 cm³/mol. The van der Waals surface area contributed by atoms with Crippen LogP contribution in [-0.2, 0) is 9.84 Å². The molecule has 2 aromatic carbocycles. The third-order valence-electron chi connectivity index (χ3n) is 3.00. The van der Waals surface area contributed by atoms with E-state index in [1.165, 1.54) is 24.3 Å². The topological polar surface area (TPSA) is 34.1 Å². The quantitative estimate of drug-likeness (QED) is 0.863. The smallest absolute Gasteiger partial charge is 0.180 e. The van der Waals surface area contributed by atoms with Crippen molar-refractivity contribution in [1.29, 1.82) is 0 Å². The van der Waals surface area contributed by atoms with Crippen LogP contribution >= 0.6 is 0 Å². The number of benzene rings is 2. The largest absolute Gasteiger partial charge is 0.223 e. The van der Waals surface area contributed by atoms with E-state index in [0.717, 1.165) is 6.07 Å². The molecule has 0 amide bonds. The SMILES string of the molecule is CC(C)S(=O)(=O)c1ccc(-c2cc(F)cc(F)c2)cc1. The van der Waals surface area contributed by atoms with Crippen molar-refractivity contribution in [2.24, 2.45) is 0 Å². The highest BCUT2D eigenvalue weighted by molar-refractivity contribution is 7.92. The van der Waals surface area contributed by atoms with E-state index < -0.39 is 26.7 Å². The molecule has 0 aromatic heterocycles. The van der Waals surface area contributed by atoms with Crippen LogP contribution in [0.3, 0.4) is 0 Å². The predicted octanol–water partition coefficient (Wildman–Crippen LogP) is 3.81. The van der Waals surface area contributed by atoms with Crippen molar-refractivity contribution in [3.63, 3.8) is 0 Å². The van der Waals surface area contributed by atoms with Gasteiger partial charge in [-0.1, -0.05) is 12.1 Å². The average molecular weight is 296 g/mol. The van der Waals surface area contributed by atoms with Gasteiger partial charge in [0.1, 0.15) is 11.6 Å². The van der Waals surface area contributed by atoms with Crippen LogP contribution in [0.15, 0.2) is 47.4 Å². The van der Waals surface area contributed by atoms with E-state index >= 15 is 0 Å². The molecule has 2 aromatic rings. The molecule has 2 nitrogen and oxygen atoms in total. The maximum atomic E-state index is 13.2. The summed E-state index contributed by atoms with van der Waals surface area (Å²) >= 11 is 0. The lowest BCUT2D eigenvalue weighted by Crippen LogP contribution is -2.13. The van der Waals surface area contributed by atoms with Crippen LogP contribution in [0.2, 0.25) is 0 Å². The molecule has 0 bridgehead atoms. The summed E-state index contributed by atoms with van der Waals surface area (Å²) in [5.74, 6) is -1.34. The van der Waals surface area contributed by atoms with Crippen LogP contribution in [0.5, 0.6) is 0 Å². The molecule has 0 fully saturated rings. The van der Waals surface area contributed by atoms with Gasteiger partial charge in [0, 0.05) is 6.07 Å². The lowest BCUT2D eigenvalue weighted by Gasteiger charge is -2.09. The fraction of sp³-hybridized carbons (Fsp3) is 0.200. The molecule has 0 saturated heterocycles. The normalized spacial score (nSPS) is 11.8. The Labute approximate surface area is 117 Å². The van der Waals surface area contributed by atoms with Gasteiger partial charge < -0.3 is 0 Å². The number of halogens is 2. The van der Waals surface area contributed by atoms with Crippen molar-refractivity contribution in [3.8, 4) is 11.1 Å². The minimum Gasteiger partial charge on any atom is -0.223 e. The van der Waals surface area contributed by atoms with Gasteiger partial charge in [-0.3, -0.25) is 0 Å². The van der Waals surface area contributed by atoms with Crippen molar-refractivity contribution in [3.05, 3.63) is 54.1 Å². The molecule has 0 aliphatic carbocycles. The van der Waals surface area contributed by atoms with Gasteiger partial charge in [0.05, 0.1) is 10.1 Å². The van der Waals surface area contributed by atoms with Gasteiger partial charge in [-0.15, -0.1) is 0 Å². The second-order valence-corrected chi connectivity index (χ2v) is 7.28. The molecule has 0 spiro atoms. The first kappa shape index (κ1) is 14.7. The van der Waals surface area contributed by atoms with Crippen LogP contribution in [0.25, 0.3) is 11.1 Å². The monoisotopic (exact) mass is 296 g/mol. The molecule has 20 heavy (non-hydrogen) atoms. The Morgan fingerprint density at radius 1 is 0.850 bits per heavy atom. The molecule has 0 atom stereocenters. The summed E-state index contributed by atoms with van der Waals surface area (Å²) in [6.45, 7) is 3.20. The zero-order valence-electron chi connectivity index (χ0n) is 11.1. The number of sulfone groups is 1. The highest BCUT2D eigenvalue weighted by atomic mass is 32.2. The fourth-order valence-corrected chi connectivity index (χ4v) is 2.89. The number of hydrogen-bond acceptors (Lipinski definition) is 2. The van der Waals surface area contributed by atoms with Gasteiger partial charge in [0.25, 0.3) is 0 Å². The molecule has 0 aliphatic heterocycles. The lowest BCUT2D eigenvalue weighted by atomic mass is 10.1. The molecule has 2 rings (SSSR count). The Morgan fingerprint density at radius 3 is 1.80 bits per heavy atom. The molecule has 0 unspecified atom stereocenters. The number of hydrogen-bond donors (Lipinski definition) is 0. The molecular weight excluding hydrogens is 282 g/mol. The van der Waals surface area contributed by atoms with Crippen LogP contribution < -0.4 is 0 Å². The van der Waals surface area contributed by atoms with Crippen molar-refractivity contribution in [1.82, 2.24) is 0 Å². The molecule has 106 valence electrons. The maximum absolute atomic E-state index is 13.2. The first-order valence-corrected chi connectivity index (χ1v) is 7.66. The van der Waals surface area contributed by atoms with Crippen LogP contribution in [0.4, 0.5) is 8.78 Å². The van der Waals surface area contributed by atoms with Crippen LogP contribution in [-0.4, -0.2) is 13.7 Å². The third-order valence-corrected chi connectivity index (χ3v) is 5.17. The van der Waals surface area contributed by atoms with E-state index in [-0.39, 0.29) is 4.90 Å². The molecule has 0 heterocycles. The van der Waals surface area contributed by atoms with Crippen molar-refractivity contribution in [2.75, 3.05) is 0 Å². The summed E-state index contributed by atoms with van der Waals surface area (Å²) in [6, 6.07) is 9.19. The first-order chi connectivity index (χ1) is 9.30. The fourth-order valence-electron chi connectivity index (χ4n) is 1.83. The highest BCUT2D eigenvalue weighted by Crippen LogP contribution is 2.24. The summed E-state index contributed by atoms with van der Waals surface area (Å²) < 4.78 is 50.2. The van der Waals surface area contributed by atoms with Crippen LogP contribution in [0, 0.1) is 11.6 Å². The molecule has 0 radical (unpaired) electrons. The van der Waals surface area contributed by atoms with E-state index in [9.17, 15) is 17.2 Å². The Bertz CT molecular complexity index is 700. The van der Waals surface area contributed by atoms with E-state index in [1.54, 1.807) is 26.0 Å². The van der Waals surface area contributed by atoms with Gasteiger partial charge in [0.15, 0.2) is 9.84 Å². The highest BCUT2D eigenvalue weighted by Gasteiger charge is 2.18. The molecule has 0 N–H and O–H groups in total. The average Bonchev–Trinajstić information content (AvgIpc) is 2.37. The minimum absolute atomic E-state index is 0.202. The zero-order valence-corrected chi connectivity index (χ0v) is 11.9. The van der Waals surface area contributed by atoms with Gasteiger partial charge in [0.2, 0.25) is 0 Å². The maximum Gasteiger partial charge on any atom is 0.180 e. The van der Waals surface area contributed by atoms with E-state index in [2.05, 4.69) is 0 Å². The Morgan fingerprint density at radius 2 is 1.35 bits per heavy atom. The summed E-state index contributed by atoms with van der Waals surface area (Å²) in [7, 11) is -3.34. The Hall–Kier alpha value is -1.75. The zero-order chi connectivity index (χ0) is 14.9. The second-order valence-electron chi connectivity index (χ2n) is 4.78. The molecule has 5 heteroatoms. The van der Waals surface area contributed by atoms with Crippen molar-refractivity contribution < 1.29 is 17.2 Å². The first-order valence-electron chi connectivity index (χ1n) is 6.11. The lowest BCUT2D eigenvalue weighted by molar-refractivity contribution is 0.583. The van der Waals surface area contributed by atoms with Gasteiger partial charge in [-0.2, -0.15) is 0 Å². The van der Waals surface area contributed by atoms with Gasteiger partial charge in [-0.25, -0.2) is 17.2 Å². The van der Waals surface area contributed by atoms with Crippen molar-refractivity contribution in [2.45, 2.75) is 24.0 Å². The molecule has 0 aliphatic rings. The molecular formula is C15H14F2O2S. The third kappa shape index (κ3) is 2.88. The standard InChI is InChI=1S/C15H14F2O2S/c1-10(2)20(18,19)15-5-3-11(4-6-15)12-7-13(16)9-14(17)8-12/h3-10H,1-2H3. The Kier molecular flexibility index (Phi) is 3.90. The molecule has 0 saturated carbocycles.